The number of methoxy groups -OCH3 is 1. The summed E-state index contributed by atoms with van der Waals surface area (Å²) in [5.74, 6) is 0.725. The monoisotopic (exact) mass is 333 g/mol. The highest BCUT2D eigenvalue weighted by atomic mass is 79.9. The molecule has 4 heteroatoms. The van der Waals surface area contributed by atoms with E-state index in [1.165, 1.54) is 0 Å². The van der Waals surface area contributed by atoms with Gasteiger partial charge in [0, 0.05) is 11.0 Å². The van der Waals surface area contributed by atoms with E-state index in [-0.39, 0.29) is 5.91 Å². The van der Waals surface area contributed by atoms with Crippen LogP contribution in [0.15, 0.2) is 48.5 Å². The molecule has 0 atom stereocenters. The lowest BCUT2D eigenvalue weighted by Gasteiger charge is -2.09. The van der Waals surface area contributed by atoms with Crippen molar-refractivity contribution in [1.29, 1.82) is 0 Å². The number of hydrogen-bond donors (Lipinski definition) is 1. The van der Waals surface area contributed by atoms with Gasteiger partial charge in [-0.3, -0.25) is 4.79 Å². The Bertz CT molecular complexity index is 599. The number of alkyl halides is 1. The fraction of sp³-hybridized carbons (Fsp3) is 0.188. The molecule has 0 heterocycles. The summed E-state index contributed by atoms with van der Waals surface area (Å²) in [5.41, 5.74) is 2.84. The molecule has 0 radical (unpaired) electrons. The molecule has 0 aromatic heterocycles. The first kappa shape index (κ1) is 14.6. The number of anilines is 1. The Morgan fingerprint density at radius 1 is 1.20 bits per heavy atom. The van der Waals surface area contributed by atoms with Crippen LogP contribution in [0.4, 0.5) is 5.69 Å². The van der Waals surface area contributed by atoms with Crippen LogP contribution in [0.5, 0.6) is 5.75 Å². The van der Waals surface area contributed by atoms with Gasteiger partial charge in [-0.2, -0.15) is 0 Å². The number of ether oxygens (including phenoxy) is 1. The minimum Gasteiger partial charge on any atom is -0.497 e. The summed E-state index contributed by atoms with van der Waals surface area (Å²) in [6, 6.07) is 15.3. The fourth-order valence-electron chi connectivity index (χ4n) is 1.92. The fourth-order valence-corrected chi connectivity index (χ4v) is 2.41. The van der Waals surface area contributed by atoms with Crippen molar-refractivity contribution in [2.24, 2.45) is 0 Å². The number of nitrogens with one attached hydrogen (secondary N) is 1. The largest absolute Gasteiger partial charge is 0.497 e. The van der Waals surface area contributed by atoms with Gasteiger partial charge in [-0.1, -0.05) is 46.3 Å². The van der Waals surface area contributed by atoms with Crippen LogP contribution < -0.4 is 10.1 Å². The van der Waals surface area contributed by atoms with Crippen molar-refractivity contribution in [3.63, 3.8) is 0 Å². The molecule has 0 saturated carbocycles. The predicted octanol–water partition coefficient (Wildman–Crippen LogP) is 3.77. The summed E-state index contributed by atoms with van der Waals surface area (Å²) >= 11 is 3.42. The SMILES string of the molecule is COc1cccc(CC(=O)Nc2ccccc2CBr)c1. The third-order valence-electron chi connectivity index (χ3n) is 2.93. The van der Waals surface area contributed by atoms with Crippen molar-refractivity contribution < 1.29 is 9.53 Å². The highest BCUT2D eigenvalue weighted by Gasteiger charge is 2.07. The van der Waals surface area contributed by atoms with Crippen molar-refractivity contribution >= 4 is 27.5 Å². The third kappa shape index (κ3) is 3.84. The maximum atomic E-state index is 12.1. The second-order valence-electron chi connectivity index (χ2n) is 4.37. The molecule has 2 aromatic rings. The van der Waals surface area contributed by atoms with Gasteiger partial charge in [0.2, 0.25) is 5.91 Å². The third-order valence-corrected chi connectivity index (χ3v) is 3.54. The first-order valence-corrected chi connectivity index (χ1v) is 7.41. The zero-order valence-electron chi connectivity index (χ0n) is 11.2. The van der Waals surface area contributed by atoms with Crippen LogP contribution in [0.3, 0.4) is 0 Å². The van der Waals surface area contributed by atoms with Crippen molar-refractivity contribution in [2.75, 3.05) is 12.4 Å². The van der Waals surface area contributed by atoms with Gasteiger partial charge in [-0.05, 0) is 29.3 Å². The number of para-hydroxylation sites is 1. The van der Waals surface area contributed by atoms with E-state index in [0.29, 0.717) is 11.8 Å². The molecule has 0 aliphatic rings. The normalized spacial score (nSPS) is 10.1. The maximum absolute atomic E-state index is 12.1. The quantitative estimate of drug-likeness (QED) is 0.846. The first-order valence-electron chi connectivity index (χ1n) is 6.29. The summed E-state index contributed by atoms with van der Waals surface area (Å²) in [6.07, 6.45) is 0.327. The minimum absolute atomic E-state index is 0.0355. The van der Waals surface area contributed by atoms with Gasteiger partial charge in [0.05, 0.1) is 13.5 Å². The average Bonchev–Trinajstić information content (AvgIpc) is 2.48. The highest BCUT2D eigenvalue weighted by molar-refractivity contribution is 9.08. The highest BCUT2D eigenvalue weighted by Crippen LogP contribution is 2.19. The summed E-state index contributed by atoms with van der Waals surface area (Å²) in [6.45, 7) is 0. The van der Waals surface area contributed by atoms with E-state index in [1.807, 2.05) is 48.5 Å². The average molecular weight is 334 g/mol. The number of carbonyl (C=O) groups excluding carboxylic acids is 1. The number of carbonyl (C=O) groups is 1. The van der Waals surface area contributed by atoms with Gasteiger partial charge in [0.25, 0.3) is 0 Å². The molecule has 0 saturated heterocycles. The van der Waals surface area contributed by atoms with Crippen LogP contribution in [-0.2, 0) is 16.5 Å². The number of halogens is 1. The van der Waals surface area contributed by atoms with Crippen LogP contribution in [0.1, 0.15) is 11.1 Å². The summed E-state index contributed by atoms with van der Waals surface area (Å²) < 4.78 is 5.15. The van der Waals surface area contributed by atoms with Crippen molar-refractivity contribution in [1.82, 2.24) is 0 Å². The summed E-state index contributed by atoms with van der Waals surface area (Å²) in [5, 5.41) is 3.65. The zero-order chi connectivity index (χ0) is 14.4. The molecule has 0 bridgehead atoms. The van der Waals surface area contributed by atoms with E-state index >= 15 is 0 Å². The molecule has 0 aliphatic carbocycles. The van der Waals surface area contributed by atoms with E-state index in [2.05, 4.69) is 21.2 Å². The molecule has 3 nitrogen and oxygen atoms in total. The Morgan fingerprint density at radius 3 is 2.75 bits per heavy atom. The van der Waals surface area contributed by atoms with Gasteiger partial charge < -0.3 is 10.1 Å². The summed E-state index contributed by atoms with van der Waals surface area (Å²) in [4.78, 5) is 12.1. The molecule has 0 aliphatic heterocycles. The molecule has 1 N–H and O–H groups in total. The van der Waals surface area contributed by atoms with Gasteiger partial charge in [-0.15, -0.1) is 0 Å². The second-order valence-corrected chi connectivity index (χ2v) is 4.93. The van der Waals surface area contributed by atoms with Crippen molar-refractivity contribution in [2.45, 2.75) is 11.8 Å². The zero-order valence-corrected chi connectivity index (χ0v) is 12.8. The van der Waals surface area contributed by atoms with Crippen molar-refractivity contribution in [3.8, 4) is 5.75 Å². The standard InChI is InChI=1S/C16H16BrNO2/c1-20-14-7-4-5-12(9-14)10-16(19)18-15-8-3-2-6-13(15)11-17/h2-9H,10-11H2,1H3,(H,18,19). The Morgan fingerprint density at radius 2 is 2.00 bits per heavy atom. The van der Waals surface area contributed by atoms with E-state index in [1.54, 1.807) is 7.11 Å². The molecular formula is C16H16BrNO2. The molecule has 104 valence electrons. The molecule has 0 spiro atoms. The lowest BCUT2D eigenvalue weighted by Crippen LogP contribution is -2.15. The molecular weight excluding hydrogens is 318 g/mol. The second kappa shape index (κ2) is 7.10. The van der Waals surface area contributed by atoms with Crippen LogP contribution in [0, 0.1) is 0 Å². The number of hydrogen-bond acceptors (Lipinski definition) is 2. The number of rotatable bonds is 5. The molecule has 2 rings (SSSR count). The molecule has 0 unspecified atom stereocenters. The Balaban J connectivity index is 2.05. The molecule has 20 heavy (non-hydrogen) atoms. The molecule has 1 amide bonds. The molecule has 0 fully saturated rings. The van der Waals surface area contributed by atoms with E-state index in [0.717, 1.165) is 22.6 Å². The van der Waals surface area contributed by atoms with Crippen LogP contribution in [0.2, 0.25) is 0 Å². The smallest absolute Gasteiger partial charge is 0.228 e. The minimum atomic E-state index is -0.0355. The lowest BCUT2D eigenvalue weighted by molar-refractivity contribution is -0.115. The maximum Gasteiger partial charge on any atom is 0.228 e. The topological polar surface area (TPSA) is 38.3 Å². The Labute approximate surface area is 127 Å². The van der Waals surface area contributed by atoms with Gasteiger partial charge >= 0.3 is 0 Å². The van der Waals surface area contributed by atoms with Crippen LogP contribution >= 0.6 is 15.9 Å². The van der Waals surface area contributed by atoms with Crippen molar-refractivity contribution in [3.05, 3.63) is 59.7 Å². The van der Waals surface area contributed by atoms with E-state index in [4.69, 9.17) is 4.74 Å². The van der Waals surface area contributed by atoms with Crippen LogP contribution in [-0.4, -0.2) is 13.0 Å². The predicted molar refractivity (Wildman–Crippen MR) is 84.4 cm³/mol. The Hall–Kier alpha value is -1.81. The number of benzene rings is 2. The van der Waals surface area contributed by atoms with E-state index < -0.39 is 0 Å². The van der Waals surface area contributed by atoms with Gasteiger partial charge in [-0.25, -0.2) is 0 Å². The van der Waals surface area contributed by atoms with Gasteiger partial charge in [0.15, 0.2) is 0 Å². The lowest BCUT2D eigenvalue weighted by atomic mass is 10.1. The molecule has 2 aromatic carbocycles. The van der Waals surface area contributed by atoms with Gasteiger partial charge in [0.1, 0.15) is 5.75 Å². The first-order chi connectivity index (χ1) is 9.72. The summed E-state index contributed by atoms with van der Waals surface area (Å²) in [7, 11) is 1.62. The van der Waals surface area contributed by atoms with E-state index in [9.17, 15) is 4.79 Å². The van der Waals surface area contributed by atoms with Crippen LogP contribution in [0.25, 0.3) is 0 Å². The number of amides is 1. The Kier molecular flexibility index (Phi) is 5.18.